The zero-order chi connectivity index (χ0) is 15.2. The number of carbonyl (C=O) groups is 1. The third-order valence-electron chi connectivity index (χ3n) is 3.68. The summed E-state index contributed by atoms with van der Waals surface area (Å²) in [7, 11) is 0. The Balaban J connectivity index is 1.94. The highest BCUT2D eigenvalue weighted by molar-refractivity contribution is 6.33. The number of anilines is 1. The fourth-order valence-electron chi connectivity index (χ4n) is 2.42. The molecular formula is C15H22ClN3O2. The van der Waals surface area contributed by atoms with Crippen molar-refractivity contribution in [3.8, 4) is 0 Å². The number of carbonyl (C=O) groups excluding carboxylic acids is 1. The van der Waals surface area contributed by atoms with E-state index in [-0.39, 0.29) is 18.1 Å². The number of halogens is 1. The molecular weight excluding hydrogens is 290 g/mol. The number of aliphatic hydroxyl groups excluding tert-OH is 1. The molecule has 1 aliphatic carbocycles. The molecule has 1 saturated carbocycles. The lowest BCUT2D eigenvalue weighted by Crippen LogP contribution is -2.38. The van der Waals surface area contributed by atoms with Crippen LogP contribution in [-0.4, -0.2) is 34.7 Å². The SMILES string of the molecule is CCCNc1ncc(C(=O)NC2CCC(O)CC2)cc1Cl. The molecule has 1 amide bonds. The van der Waals surface area contributed by atoms with Crippen LogP contribution in [0.2, 0.25) is 5.02 Å². The Morgan fingerprint density at radius 3 is 2.76 bits per heavy atom. The van der Waals surface area contributed by atoms with E-state index in [2.05, 4.69) is 22.5 Å². The van der Waals surface area contributed by atoms with E-state index in [1.54, 1.807) is 6.07 Å². The monoisotopic (exact) mass is 311 g/mol. The fraction of sp³-hybridized carbons (Fsp3) is 0.600. The third kappa shape index (κ3) is 4.58. The van der Waals surface area contributed by atoms with Gasteiger partial charge in [-0.3, -0.25) is 4.79 Å². The van der Waals surface area contributed by atoms with E-state index in [0.717, 1.165) is 38.6 Å². The Bertz CT molecular complexity index is 488. The first-order valence-corrected chi connectivity index (χ1v) is 7.86. The Kier molecular flexibility index (Phi) is 5.82. The zero-order valence-electron chi connectivity index (χ0n) is 12.2. The van der Waals surface area contributed by atoms with Gasteiger partial charge in [-0.1, -0.05) is 18.5 Å². The topological polar surface area (TPSA) is 74.2 Å². The van der Waals surface area contributed by atoms with Crippen molar-refractivity contribution in [1.82, 2.24) is 10.3 Å². The van der Waals surface area contributed by atoms with Crippen LogP contribution in [0.1, 0.15) is 49.4 Å². The van der Waals surface area contributed by atoms with Crippen molar-refractivity contribution < 1.29 is 9.90 Å². The number of pyridine rings is 1. The summed E-state index contributed by atoms with van der Waals surface area (Å²) < 4.78 is 0. The van der Waals surface area contributed by atoms with Crippen LogP contribution in [0.15, 0.2) is 12.3 Å². The van der Waals surface area contributed by atoms with Crippen LogP contribution in [0, 0.1) is 0 Å². The Hall–Kier alpha value is -1.33. The smallest absolute Gasteiger partial charge is 0.253 e. The summed E-state index contributed by atoms with van der Waals surface area (Å²) in [4.78, 5) is 16.4. The lowest BCUT2D eigenvalue weighted by Gasteiger charge is -2.26. The van der Waals surface area contributed by atoms with E-state index >= 15 is 0 Å². The van der Waals surface area contributed by atoms with E-state index in [4.69, 9.17) is 11.6 Å². The van der Waals surface area contributed by atoms with Crippen LogP contribution < -0.4 is 10.6 Å². The minimum absolute atomic E-state index is 0.123. The van der Waals surface area contributed by atoms with E-state index in [9.17, 15) is 9.90 Å². The molecule has 21 heavy (non-hydrogen) atoms. The second-order valence-electron chi connectivity index (χ2n) is 5.46. The molecule has 1 aromatic heterocycles. The highest BCUT2D eigenvalue weighted by Gasteiger charge is 2.21. The summed E-state index contributed by atoms with van der Waals surface area (Å²) in [5.41, 5.74) is 0.466. The summed E-state index contributed by atoms with van der Waals surface area (Å²) in [6, 6.07) is 1.76. The molecule has 0 spiro atoms. The minimum Gasteiger partial charge on any atom is -0.393 e. The molecule has 1 heterocycles. The second kappa shape index (κ2) is 7.61. The molecule has 0 unspecified atom stereocenters. The molecule has 1 aliphatic rings. The molecule has 1 aromatic rings. The highest BCUT2D eigenvalue weighted by Crippen LogP contribution is 2.21. The van der Waals surface area contributed by atoms with Gasteiger partial charge < -0.3 is 15.7 Å². The van der Waals surface area contributed by atoms with Crippen molar-refractivity contribution >= 4 is 23.3 Å². The molecule has 5 nitrogen and oxygen atoms in total. The van der Waals surface area contributed by atoms with Gasteiger partial charge in [0.1, 0.15) is 5.82 Å². The van der Waals surface area contributed by atoms with Gasteiger partial charge in [0.15, 0.2) is 0 Å². The predicted octanol–water partition coefficient (Wildman–Crippen LogP) is 2.59. The molecule has 0 saturated heterocycles. The maximum atomic E-state index is 12.2. The van der Waals surface area contributed by atoms with Gasteiger partial charge in [-0.2, -0.15) is 0 Å². The van der Waals surface area contributed by atoms with Crippen LogP contribution in [0.5, 0.6) is 0 Å². The van der Waals surface area contributed by atoms with Gasteiger partial charge in [0.25, 0.3) is 5.91 Å². The standard InChI is InChI=1S/C15H22ClN3O2/c1-2-7-17-14-13(16)8-10(9-18-14)15(21)19-11-3-5-12(20)6-4-11/h8-9,11-12,20H,2-7H2,1H3,(H,17,18)(H,19,21). The molecule has 3 N–H and O–H groups in total. The van der Waals surface area contributed by atoms with Gasteiger partial charge in [0, 0.05) is 18.8 Å². The molecule has 0 aromatic carbocycles. The zero-order valence-corrected chi connectivity index (χ0v) is 13.0. The summed E-state index contributed by atoms with van der Waals surface area (Å²) in [5.74, 6) is 0.448. The Morgan fingerprint density at radius 2 is 2.14 bits per heavy atom. The van der Waals surface area contributed by atoms with Gasteiger partial charge in [-0.15, -0.1) is 0 Å². The molecule has 6 heteroatoms. The van der Waals surface area contributed by atoms with Crippen LogP contribution in [0.3, 0.4) is 0 Å². The number of nitrogens with zero attached hydrogens (tertiary/aromatic N) is 1. The molecule has 1 fully saturated rings. The van der Waals surface area contributed by atoms with Gasteiger partial charge in [0.2, 0.25) is 0 Å². The maximum absolute atomic E-state index is 12.2. The normalized spacial score (nSPS) is 21.9. The third-order valence-corrected chi connectivity index (χ3v) is 3.97. The molecule has 0 radical (unpaired) electrons. The highest BCUT2D eigenvalue weighted by atomic mass is 35.5. The number of aromatic nitrogens is 1. The lowest BCUT2D eigenvalue weighted by molar-refractivity contribution is 0.0867. The Morgan fingerprint density at radius 1 is 1.43 bits per heavy atom. The van der Waals surface area contributed by atoms with Gasteiger partial charge >= 0.3 is 0 Å². The van der Waals surface area contributed by atoms with E-state index in [1.807, 2.05) is 0 Å². The first-order valence-electron chi connectivity index (χ1n) is 7.48. The van der Waals surface area contributed by atoms with Crippen molar-refractivity contribution in [3.63, 3.8) is 0 Å². The van der Waals surface area contributed by atoms with E-state index in [0.29, 0.717) is 16.4 Å². The number of hydrogen-bond acceptors (Lipinski definition) is 4. The van der Waals surface area contributed by atoms with Crippen molar-refractivity contribution in [2.45, 2.75) is 51.2 Å². The van der Waals surface area contributed by atoms with Crippen LogP contribution in [0.4, 0.5) is 5.82 Å². The van der Waals surface area contributed by atoms with Gasteiger partial charge in [-0.25, -0.2) is 4.98 Å². The van der Waals surface area contributed by atoms with Crippen LogP contribution in [-0.2, 0) is 0 Å². The fourth-order valence-corrected chi connectivity index (χ4v) is 2.66. The number of nitrogens with one attached hydrogen (secondary N) is 2. The average Bonchev–Trinajstić information content (AvgIpc) is 2.48. The average molecular weight is 312 g/mol. The van der Waals surface area contributed by atoms with E-state index < -0.39 is 0 Å². The molecule has 116 valence electrons. The van der Waals surface area contributed by atoms with Crippen molar-refractivity contribution in [2.24, 2.45) is 0 Å². The summed E-state index contributed by atoms with van der Waals surface area (Å²) in [6.45, 7) is 2.85. The molecule has 0 aliphatic heterocycles. The largest absolute Gasteiger partial charge is 0.393 e. The first-order chi connectivity index (χ1) is 10.1. The number of hydrogen-bond donors (Lipinski definition) is 3. The summed E-state index contributed by atoms with van der Waals surface area (Å²) >= 11 is 6.13. The number of rotatable bonds is 5. The first kappa shape index (κ1) is 16.0. The molecule has 0 bridgehead atoms. The van der Waals surface area contributed by atoms with Gasteiger partial charge in [-0.05, 0) is 38.2 Å². The summed E-state index contributed by atoms with van der Waals surface area (Å²) in [6.07, 6.45) is 5.39. The second-order valence-corrected chi connectivity index (χ2v) is 5.87. The van der Waals surface area contributed by atoms with Gasteiger partial charge in [0.05, 0.1) is 16.7 Å². The lowest BCUT2D eigenvalue weighted by atomic mass is 9.93. The number of aliphatic hydroxyl groups is 1. The number of amides is 1. The predicted molar refractivity (Wildman–Crippen MR) is 83.8 cm³/mol. The van der Waals surface area contributed by atoms with Crippen LogP contribution >= 0.6 is 11.6 Å². The van der Waals surface area contributed by atoms with Crippen LogP contribution in [0.25, 0.3) is 0 Å². The van der Waals surface area contributed by atoms with Crippen molar-refractivity contribution in [3.05, 3.63) is 22.8 Å². The maximum Gasteiger partial charge on any atom is 0.253 e. The quantitative estimate of drug-likeness (QED) is 0.781. The Labute approximate surface area is 130 Å². The minimum atomic E-state index is -0.224. The van der Waals surface area contributed by atoms with Crippen molar-refractivity contribution in [1.29, 1.82) is 0 Å². The van der Waals surface area contributed by atoms with E-state index in [1.165, 1.54) is 6.20 Å². The summed E-state index contributed by atoms with van der Waals surface area (Å²) in [5, 5.41) is 16.0. The molecule has 2 rings (SSSR count). The molecule has 0 atom stereocenters. The van der Waals surface area contributed by atoms with Crippen molar-refractivity contribution in [2.75, 3.05) is 11.9 Å².